The van der Waals surface area contributed by atoms with Crippen molar-refractivity contribution in [1.82, 2.24) is 9.97 Å². The van der Waals surface area contributed by atoms with Gasteiger partial charge < -0.3 is 31.6 Å². The summed E-state index contributed by atoms with van der Waals surface area (Å²) in [5, 5.41) is 5.61. The van der Waals surface area contributed by atoms with Crippen molar-refractivity contribution in [3.05, 3.63) is 59.5 Å². The summed E-state index contributed by atoms with van der Waals surface area (Å²) >= 11 is 0. The highest BCUT2D eigenvalue weighted by Crippen LogP contribution is 2.25. The number of esters is 2. The SMILES string of the molecule is COC(=O)c1cc(N)cc(Nc2ncc(F)c(Nc3cc(N)cc(C(=O)OC)c3)n2)c1. The molecule has 0 saturated heterocycles. The highest BCUT2D eigenvalue weighted by atomic mass is 19.1. The van der Waals surface area contributed by atoms with Gasteiger partial charge >= 0.3 is 11.9 Å². The minimum absolute atomic E-state index is 0.0300. The summed E-state index contributed by atoms with van der Waals surface area (Å²) in [6, 6.07) is 8.86. The van der Waals surface area contributed by atoms with Crippen LogP contribution in [-0.4, -0.2) is 36.1 Å². The van der Waals surface area contributed by atoms with Gasteiger partial charge in [0, 0.05) is 22.7 Å². The highest BCUT2D eigenvalue weighted by molar-refractivity contribution is 5.92. The van der Waals surface area contributed by atoms with E-state index in [1.807, 2.05) is 0 Å². The third-order valence-electron chi connectivity index (χ3n) is 4.02. The first kappa shape index (κ1) is 21.3. The zero-order valence-corrected chi connectivity index (χ0v) is 16.6. The van der Waals surface area contributed by atoms with Gasteiger partial charge in [-0.1, -0.05) is 0 Å². The molecule has 0 aliphatic carbocycles. The third-order valence-corrected chi connectivity index (χ3v) is 4.02. The Morgan fingerprint density at radius 2 is 1.39 bits per heavy atom. The minimum atomic E-state index is -0.740. The van der Waals surface area contributed by atoms with Gasteiger partial charge in [0.2, 0.25) is 5.95 Å². The molecule has 160 valence electrons. The van der Waals surface area contributed by atoms with Gasteiger partial charge in [0.05, 0.1) is 31.5 Å². The van der Waals surface area contributed by atoms with Gasteiger partial charge in [-0.2, -0.15) is 4.98 Å². The number of nitrogens with two attached hydrogens (primary N) is 2. The summed E-state index contributed by atoms with van der Waals surface area (Å²) in [6.45, 7) is 0. The number of rotatable bonds is 6. The number of nitrogen functional groups attached to an aromatic ring is 2. The van der Waals surface area contributed by atoms with Crippen LogP contribution in [0.3, 0.4) is 0 Å². The first-order valence-corrected chi connectivity index (χ1v) is 8.83. The number of hydrogen-bond donors (Lipinski definition) is 4. The van der Waals surface area contributed by atoms with E-state index in [-0.39, 0.29) is 28.6 Å². The molecule has 3 aromatic rings. The largest absolute Gasteiger partial charge is 0.465 e. The van der Waals surface area contributed by atoms with Crippen molar-refractivity contribution in [2.24, 2.45) is 0 Å². The van der Waals surface area contributed by atoms with Gasteiger partial charge in [-0.15, -0.1) is 0 Å². The number of nitrogens with zero attached hydrogens (tertiary/aromatic N) is 2. The molecule has 0 aliphatic heterocycles. The number of ether oxygens (including phenoxy) is 2. The number of carbonyl (C=O) groups is 2. The van der Waals surface area contributed by atoms with Crippen LogP contribution in [0, 0.1) is 5.82 Å². The van der Waals surface area contributed by atoms with E-state index < -0.39 is 17.8 Å². The quantitative estimate of drug-likeness (QED) is 0.341. The monoisotopic (exact) mass is 426 g/mol. The van der Waals surface area contributed by atoms with Gasteiger partial charge in [0.1, 0.15) is 0 Å². The maximum Gasteiger partial charge on any atom is 0.337 e. The topological polar surface area (TPSA) is 154 Å². The highest BCUT2D eigenvalue weighted by Gasteiger charge is 2.13. The van der Waals surface area contributed by atoms with Crippen molar-refractivity contribution in [3.63, 3.8) is 0 Å². The Kier molecular flexibility index (Phi) is 6.15. The second-order valence-corrected chi connectivity index (χ2v) is 6.31. The van der Waals surface area contributed by atoms with E-state index in [1.54, 1.807) is 6.07 Å². The van der Waals surface area contributed by atoms with Crippen LogP contribution in [0.15, 0.2) is 42.6 Å². The van der Waals surface area contributed by atoms with Crippen molar-refractivity contribution >= 4 is 46.5 Å². The predicted octanol–water partition coefficient (Wildman–Crippen LogP) is 2.84. The Morgan fingerprint density at radius 1 is 0.871 bits per heavy atom. The number of nitrogens with one attached hydrogen (secondary N) is 2. The Hall–Kier alpha value is -4.41. The normalized spacial score (nSPS) is 10.3. The number of benzene rings is 2. The number of aromatic nitrogens is 2. The average Bonchev–Trinajstić information content (AvgIpc) is 2.74. The molecule has 1 aromatic heterocycles. The standard InChI is InChI=1S/C20H19FN6O4/c1-30-18(28)10-3-12(22)7-14(5-10)25-17-16(21)9-24-20(27-17)26-15-6-11(19(29)31-2)4-13(23)8-15/h3-9H,22-23H2,1-2H3,(H2,24,25,26,27). The van der Waals surface area contributed by atoms with Gasteiger partial charge in [-0.25, -0.2) is 19.0 Å². The van der Waals surface area contributed by atoms with Gasteiger partial charge in [0.15, 0.2) is 11.6 Å². The van der Waals surface area contributed by atoms with Crippen LogP contribution in [0.2, 0.25) is 0 Å². The summed E-state index contributed by atoms with van der Waals surface area (Å²) in [7, 11) is 2.49. The van der Waals surface area contributed by atoms with E-state index >= 15 is 0 Å². The van der Waals surface area contributed by atoms with E-state index in [9.17, 15) is 14.0 Å². The first-order valence-electron chi connectivity index (χ1n) is 8.83. The van der Waals surface area contributed by atoms with E-state index in [2.05, 4.69) is 30.1 Å². The van der Waals surface area contributed by atoms with Crippen LogP contribution in [0.5, 0.6) is 0 Å². The van der Waals surface area contributed by atoms with Crippen LogP contribution in [0.4, 0.5) is 38.9 Å². The molecule has 0 unspecified atom stereocenters. The molecular formula is C20H19FN6O4. The maximum absolute atomic E-state index is 14.3. The number of anilines is 6. The average molecular weight is 426 g/mol. The summed E-state index contributed by atoms with van der Waals surface area (Å²) < 4.78 is 23.6. The molecule has 0 fully saturated rings. The molecule has 0 saturated carbocycles. The lowest BCUT2D eigenvalue weighted by Gasteiger charge is -2.12. The molecule has 2 aromatic carbocycles. The third kappa shape index (κ3) is 5.15. The molecule has 31 heavy (non-hydrogen) atoms. The lowest BCUT2D eigenvalue weighted by atomic mass is 10.1. The molecule has 11 heteroatoms. The molecule has 0 bridgehead atoms. The fourth-order valence-corrected chi connectivity index (χ4v) is 2.70. The number of hydrogen-bond acceptors (Lipinski definition) is 10. The smallest absolute Gasteiger partial charge is 0.337 e. The first-order chi connectivity index (χ1) is 14.8. The number of carbonyl (C=O) groups excluding carboxylic acids is 2. The van der Waals surface area contributed by atoms with Gasteiger partial charge in [-0.3, -0.25) is 0 Å². The summed E-state index contributed by atoms with van der Waals surface area (Å²) in [4.78, 5) is 31.5. The fourth-order valence-electron chi connectivity index (χ4n) is 2.70. The van der Waals surface area contributed by atoms with E-state index in [4.69, 9.17) is 11.5 Å². The van der Waals surface area contributed by atoms with Gasteiger partial charge in [-0.05, 0) is 36.4 Å². The summed E-state index contributed by atoms with van der Waals surface area (Å²) in [6.07, 6.45) is 0.957. The molecule has 10 nitrogen and oxygen atoms in total. The molecule has 0 aliphatic rings. The van der Waals surface area contributed by atoms with Crippen LogP contribution in [0.25, 0.3) is 0 Å². The molecule has 0 amide bonds. The van der Waals surface area contributed by atoms with E-state index in [1.165, 1.54) is 44.6 Å². The zero-order chi connectivity index (χ0) is 22.5. The second kappa shape index (κ2) is 8.95. The molecular weight excluding hydrogens is 407 g/mol. The van der Waals surface area contributed by atoms with Crippen LogP contribution < -0.4 is 22.1 Å². The molecule has 3 rings (SSSR count). The van der Waals surface area contributed by atoms with Crippen molar-refractivity contribution in [3.8, 4) is 0 Å². The fraction of sp³-hybridized carbons (Fsp3) is 0.100. The van der Waals surface area contributed by atoms with Crippen molar-refractivity contribution in [2.45, 2.75) is 0 Å². The molecule has 6 N–H and O–H groups in total. The minimum Gasteiger partial charge on any atom is -0.465 e. The van der Waals surface area contributed by atoms with Crippen molar-refractivity contribution in [2.75, 3.05) is 36.3 Å². The van der Waals surface area contributed by atoms with Crippen LogP contribution in [-0.2, 0) is 9.47 Å². The Labute approximate surface area is 176 Å². The Morgan fingerprint density at radius 3 is 1.90 bits per heavy atom. The van der Waals surface area contributed by atoms with Gasteiger partial charge in [0.25, 0.3) is 0 Å². The number of methoxy groups -OCH3 is 2. The molecule has 1 heterocycles. The van der Waals surface area contributed by atoms with Crippen molar-refractivity contribution in [1.29, 1.82) is 0 Å². The van der Waals surface area contributed by atoms with Crippen LogP contribution in [0.1, 0.15) is 20.7 Å². The van der Waals surface area contributed by atoms with Crippen LogP contribution >= 0.6 is 0 Å². The lowest BCUT2D eigenvalue weighted by Crippen LogP contribution is -2.07. The Bertz CT molecular complexity index is 1150. The maximum atomic E-state index is 14.3. The Balaban J connectivity index is 1.88. The lowest BCUT2D eigenvalue weighted by molar-refractivity contribution is 0.0592. The van der Waals surface area contributed by atoms with Crippen molar-refractivity contribution < 1.29 is 23.5 Å². The van der Waals surface area contributed by atoms with E-state index in [0.29, 0.717) is 17.1 Å². The van der Waals surface area contributed by atoms with E-state index in [0.717, 1.165) is 6.20 Å². The predicted molar refractivity (Wildman–Crippen MR) is 113 cm³/mol. The molecule has 0 atom stereocenters. The summed E-state index contributed by atoms with van der Waals surface area (Å²) in [5.41, 5.74) is 13.3. The number of halogens is 1. The second-order valence-electron chi connectivity index (χ2n) is 6.31. The summed E-state index contributed by atoms with van der Waals surface area (Å²) in [5.74, 6) is -2.04. The molecule has 0 radical (unpaired) electrons. The molecule has 0 spiro atoms. The zero-order valence-electron chi connectivity index (χ0n) is 16.6.